The van der Waals surface area contributed by atoms with Crippen LogP contribution < -0.4 is 0 Å². The maximum absolute atomic E-state index is 10.4. The molecule has 0 spiro atoms. The molecule has 0 rings (SSSR count). The lowest BCUT2D eigenvalue weighted by molar-refractivity contribution is -0.137. The van der Waals surface area contributed by atoms with E-state index in [4.69, 9.17) is 5.11 Å². The van der Waals surface area contributed by atoms with E-state index < -0.39 is 5.97 Å². The van der Waals surface area contributed by atoms with Crippen LogP contribution in [-0.2, 0) is 4.79 Å². The molecule has 0 aromatic rings. The molecule has 0 heterocycles. The summed E-state index contributed by atoms with van der Waals surface area (Å²) >= 11 is 2.20. The lowest BCUT2D eigenvalue weighted by Gasteiger charge is -2.11. The highest BCUT2D eigenvalue weighted by atomic mass is 27.0. The zero-order valence-electron chi connectivity index (χ0n) is 14.2. The van der Waals surface area contributed by atoms with Gasteiger partial charge in [-0.15, -0.1) is 0 Å². The van der Waals surface area contributed by atoms with Gasteiger partial charge < -0.3 is 5.11 Å². The second-order valence-electron chi connectivity index (χ2n) is 6.48. The van der Waals surface area contributed by atoms with Gasteiger partial charge in [-0.3, -0.25) is 4.79 Å². The van der Waals surface area contributed by atoms with Crippen LogP contribution in [0.4, 0.5) is 0 Å². The van der Waals surface area contributed by atoms with E-state index in [1.165, 1.54) is 77.0 Å². The highest BCUT2D eigenvalue weighted by Crippen LogP contribution is 2.20. The number of carboxylic acids is 1. The smallest absolute Gasteiger partial charge is 0.303 e. The minimum Gasteiger partial charge on any atom is -0.481 e. The minimum atomic E-state index is -0.653. The molecule has 0 aromatic carbocycles. The molecule has 1 radical (unpaired) electrons. The van der Waals surface area contributed by atoms with Crippen molar-refractivity contribution >= 4 is 22.3 Å². The molecular formula is C18H36AlO2. The van der Waals surface area contributed by atoms with Crippen LogP contribution in [0, 0.1) is 0 Å². The third kappa shape index (κ3) is 18.0. The topological polar surface area (TPSA) is 37.3 Å². The molecule has 2 nitrogen and oxygen atoms in total. The van der Waals surface area contributed by atoms with E-state index in [1.54, 1.807) is 0 Å². The van der Waals surface area contributed by atoms with E-state index in [0.717, 1.165) is 17.6 Å². The first-order valence-corrected chi connectivity index (χ1v) is 10.0. The molecule has 0 aliphatic carbocycles. The Labute approximate surface area is 140 Å². The summed E-state index contributed by atoms with van der Waals surface area (Å²) in [6, 6.07) is 0. The number of unbranched alkanes of at least 4 members (excludes halogenated alkanes) is 10. The standard InChI is InChI=1S/C18H35O2.Al.H/c1-2-3-4-5-6-7-8-9-10-11-12-13-14-15-16-17-18(19)20;;/h7H,2-6,8-17H2,1H3,(H,19,20);;. The van der Waals surface area contributed by atoms with Gasteiger partial charge in [0.2, 0.25) is 0 Å². The molecule has 0 aliphatic rings. The van der Waals surface area contributed by atoms with Crippen molar-refractivity contribution in [2.45, 2.75) is 108 Å². The third-order valence-corrected chi connectivity index (χ3v) is 5.04. The molecule has 0 saturated heterocycles. The number of carboxylic acid groups (broad SMARTS) is 1. The Morgan fingerprint density at radius 2 is 1.24 bits per heavy atom. The van der Waals surface area contributed by atoms with Crippen LogP contribution in [0.5, 0.6) is 0 Å². The average Bonchev–Trinajstić information content (AvgIpc) is 2.45. The summed E-state index contributed by atoms with van der Waals surface area (Å²) in [5.74, 6) is -0.653. The number of hydrogen-bond acceptors (Lipinski definition) is 1. The maximum Gasteiger partial charge on any atom is 0.303 e. The van der Waals surface area contributed by atoms with Gasteiger partial charge in [0.15, 0.2) is 16.3 Å². The molecule has 1 unspecified atom stereocenters. The van der Waals surface area contributed by atoms with Crippen molar-refractivity contribution < 1.29 is 9.90 Å². The zero-order chi connectivity index (χ0) is 15.8. The molecule has 21 heavy (non-hydrogen) atoms. The summed E-state index contributed by atoms with van der Waals surface area (Å²) in [5, 5.41) is 8.54. The third-order valence-electron chi connectivity index (χ3n) is 4.22. The van der Waals surface area contributed by atoms with Crippen LogP contribution in [0.15, 0.2) is 0 Å². The second kappa shape index (κ2) is 16.4. The number of aliphatic carboxylic acids is 1. The van der Waals surface area contributed by atoms with Gasteiger partial charge in [0.25, 0.3) is 0 Å². The van der Waals surface area contributed by atoms with Gasteiger partial charge in [-0.05, 0) is 6.42 Å². The first-order valence-electron chi connectivity index (χ1n) is 9.21. The van der Waals surface area contributed by atoms with Crippen LogP contribution in [0.1, 0.15) is 103 Å². The van der Waals surface area contributed by atoms with Crippen LogP contribution in [0.25, 0.3) is 0 Å². The Hall–Kier alpha value is 0.00247. The summed E-state index contributed by atoms with van der Waals surface area (Å²) < 4.78 is 0.942. The number of hydrogen-bond donors (Lipinski definition) is 1. The molecule has 0 fully saturated rings. The van der Waals surface area contributed by atoms with Crippen LogP contribution >= 0.6 is 0 Å². The van der Waals surface area contributed by atoms with Crippen LogP contribution in [0.3, 0.4) is 0 Å². The first kappa shape index (κ1) is 21.0. The predicted octanol–water partition coefficient (Wildman–Crippen LogP) is 5.63. The summed E-state index contributed by atoms with van der Waals surface area (Å²) in [6.07, 6.45) is 18.7. The van der Waals surface area contributed by atoms with E-state index in [9.17, 15) is 4.79 Å². The normalized spacial score (nSPS) is 12.4. The van der Waals surface area contributed by atoms with Crippen molar-refractivity contribution in [1.82, 2.24) is 0 Å². The Bertz CT molecular complexity index is 231. The molecule has 1 N–H and O–H groups in total. The molecule has 3 heteroatoms. The van der Waals surface area contributed by atoms with Gasteiger partial charge in [-0.1, -0.05) is 95.2 Å². The fourth-order valence-corrected chi connectivity index (χ4v) is 3.35. The van der Waals surface area contributed by atoms with Crippen molar-refractivity contribution in [2.24, 2.45) is 0 Å². The SMILES string of the molecule is CCCCCC[CH]([AlH])CCCCCCCCCCC(=O)O. The fraction of sp³-hybridized carbons (Fsp3) is 0.944. The first-order chi connectivity index (χ1) is 10.2. The highest BCUT2D eigenvalue weighted by molar-refractivity contribution is 6.11. The van der Waals surface area contributed by atoms with E-state index in [2.05, 4.69) is 23.2 Å². The second-order valence-corrected chi connectivity index (χ2v) is 7.63. The van der Waals surface area contributed by atoms with E-state index >= 15 is 0 Å². The molecule has 0 saturated carbocycles. The molecule has 0 aromatic heterocycles. The number of rotatable bonds is 16. The molecular weight excluding hydrogens is 275 g/mol. The van der Waals surface area contributed by atoms with Gasteiger partial charge >= 0.3 is 5.97 Å². The van der Waals surface area contributed by atoms with Gasteiger partial charge in [0.05, 0.1) is 0 Å². The Morgan fingerprint density at radius 1 is 0.810 bits per heavy atom. The van der Waals surface area contributed by atoms with Crippen LogP contribution in [-0.4, -0.2) is 27.4 Å². The Balaban J connectivity index is 3.12. The van der Waals surface area contributed by atoms with E-state index in [1.807, 2.05) is 0 Å². The summed E-state index contributed by atoms with van der Waals surface area (Å²) in [4.78, 5) is 10.4. The number of carbonyl (C=O) groups is 1. The van der Waals surface area contributed by atoms with E-state index in [0.29, 0.717) is 6.42 Å². The predicted molar refractivity (Wildman–Crippen MR) is 93.5 cm³/mol. The largest absolute Gasteiger partial charge is 0.481 e. The lowest BCUT2D eigenvalue weighted by Crippen LogP contribution is -1.94. The van der Waals surface area contributed by atoms with Gasteiger partial charge in [-0.25, -0.2) is 0 Å². The lowest BCUT2D eigenvalue weighted by atomic mass is 10.0. The van der Waals surface area contributed by atoms with Gasteiger partial charge in [-0.2, -0.15) is 0 Å². The average molecular weight is 311 g/mol. The summed E-state index contributed by atoms with van der Waals surface area (Å²) in [5.41, 5.74) is 0. The molecule has 123 valence electrons. The van der Waals surface area contributed by atoms with Crippen molar-refractivity contribution in [1.29, 1.82) is 0 Å². The summed E-state index contributed by atoms with van der Waals surface area (Å²) in [6.45, 7) is 2.28. The highest BCUT2D eigenvalue weighted by Gasteiger charge is 2.01. The zero-order valence-corrected chi connectivity index (χ0v) is 15.7. The van der Waals surface area contributed by atoms with E-state index in [-0.39, 0.29) is 0 Å². The fourth-order valence-electron chi connectivity index (χ4n) is 2.77. The Morgan fingerprint density at radius 3 is 1.71 bits per heavy atom. The molecule has 0 bridgehead atoms. The minimum absolute atomic E-state index is 0.344. The van der Waals surface area contributed by atoms with Gasteiger partial charge in [0.1, 0.15) is 0 Å². The monoisotopic (exact) mass is 311 g/mol. The molecule has 1 atom stereocenters. The Kier molecular flexibility index (Phi) is 16.4. The van der Waals surface area contributed by atoms with Crippen molar-refractivity contribution in [3.63, 3.8) is 0 Å². The van der Waals surface area contributed by atoms with Gasteiger partial charge in [0, 0.05) is 6.42 Å². The maximum atomic E-state index is 10.4. The quantitative estimate of drug-likeness (QED) is 0.296. The molecule has 0 amide bonds. The van der Waals surface area contributed by atoms with Crippen LogP contribution in [0.2, 0.25) is 4.78 Å². The van der Waals surface area contributed by atoms with Crippen molar-refractivity contribution in [2.75, 3.05) is 0 Å². The van der Waals surface area contributed by atoms with Crippen molar-refractivity contribution in [3.8, 4) is 0 Å². The summed E-state index contributed by atoms with van der Waals surface area (Å²) in [7, 11) is 0. The molecule has 0 aliphatic heterocycles. The van der Waals surface area contributed by atoms with Crippen molar-refractivity contribution in [3.05, 3.63) is 0 Å².